The number of halogens is 3. The second-order valence-electron chi connectivity index (χ2n) is 4.11. The normalized spacial score (nSPS) is 11.6. The molecule has 0 heterocycles. The molecule has 0 spiro atoms. The highest BCUT2D eigenvalue weighted by molar-refractivity contribution is 5.40. The largest absolute Gasteiger partial charge is 0.491 e. The Morgan fingerprint density at radius 3 is 2.58 bits per heavy atom. The van der Waals surface area contributed by atoms with Crippen molar-refractivity contribution in [2.45, 2.75) is 19.6 Å². The van der Waals surface area contributed by atoms with Gasteiger partial charge >= 0.3 is 6.18 Å². The topological polar surface area (TPSA) is 30.5 Å². The Bertz CT molecular complexity index is 394. The minimum absolute atomic E-state index is 0.0904. The number of para-hydroxylation sites is 1. The van der Waals surface area contributed by atoms with Crippen molar-refractivity contribution in [2.24, 2.45) is 0 Å². The van der Waals surface area contributed by atoms with E-state index >= 15 is 0 Å². The summed E-state index contributed by atoms with van der Waals surface area (Å²) in [6.07, 6.45) is -4.29. The monoisotopic (exact) mass is 277 g/mol. The highest BCUT2D eigenvalue weighted by atomic mass is 19.4. The third kappa shape index (κ3) is 5.94. The molecule has 1 aromatic carbocycles. The van der Waals surface area contributed by atoms with Crippen LogP contribution in [0.2, 0.25) is 0 Å². The number of nitrogens with one attached hydrogen (secondary N) is 1. The third-order valence-electron chi connectivity index (χ3n) is 2.40. The van der Waals surface area contributed by atoms with Gasteiger partial charge in [0.2, 0.25) is 0 Å². The van der Waals surface area contributed by atoms with Crippen molar-refractivity contribution in [2.75, 3.05) is 26.9 Å². The fraction of sp³-hybridized carbons (Fsp3) is 0.538. The van der Waals surface area contributed by atoms with Gasteiger partial charge in [0.1, 0.15) is 19.0 Å². The summed E-state index contributed by atoms with van der Waals surface area (Å²) in [6.45, 7) is 1.30. The highest BCUT2D eigenvalue weighted by Crippen LogP contribution is 2.23. The highest BCUT2D eigenvalue weighted by Gasteiger charge is 2.27. The van der Waals surface area contributed by atoms with Crippen LogP contribution in [0, 0.1) is 6.92 Å². The summed E-state index contributed by atoms with van der Waals surface area (Å²) < 4.78 is 45.6. The summed E-state index contributed by atoms with van der Waals surface area (Å²) in [5.41, 5.74) is 1.92. The van der Waals surface area contributed by atoms with E-state index in [9.17, 15) is 13.2 Å². The van der Waals surface area contributed by atoms with Gasteiger partial charge in [-0.25, -0.2) is 0 Å². The van der Waals surface area contributed by atoms with Crippen molar-refractivity contribution in [3.05, 3.63) is 29.3 Å². The van der Waals surface area contributed by atoms with E-state index in [1.165, 1.54) is 0 Å². The molecule has 6 heteroatoms. The van der Waals surface area contributed by atoms with Gasteiger partial charge in [-0.15, -0.1) is 0 Å². The Labute approximate surface area is 110 Å². The number of rotatable bonds is 7. The summed E-state index contributed by atoms with van der Waals surface area (Å²) in [4.78, 5) is 0. The van der Waals surface area contributed by atoms with Gasteiger partial charge in [-0.1, -0.05) is 18.2 Å². The number of alkyl halides is 3. The fourth-order valence-electron chi connectivity index (χ4n) is 1.64. The standard InChI is InChI=1S/C13H18F3NO2/c1-10-4-3-5-11(8-17-2)12(10)19-7-6-18-9-13(14,15)16/h3-5,17H,6-9H2,1-2H3. The quantitative estimate of drug-likeness (QED) is 0.777. The maximum atomic E-state index is 11.9. The lowest BCUT2D eigenvalue weighted by molar-refractivity contribution is -0.175. The Balaban J connectivity index is 2.44. The number of ether oxygens (including phenoxy) is 2. The van der Waals surface area contributed by atoms with Crippen LogP contribution in [0.25, 0.3) is 0 Å². The van der Waals surface area contributed by atoms with Crippen LogP contribution in [-0.2, 0) is 11.3 Å². The Hall–Kier alpha value is -1.27. The molecule has 1 aromatic rings. The number of aryl methyl sites for hydroxylation is 1. The van der Waals surface area contributed by atoms with Gasteiger partial charge in [-0.3, -0.25) is 0 Å². The average Bonchev–Trinajstić information content (AvgIpc) is 2.31. The molecule has 19 heavy (non-hydrogen) atoms. The van der Waals surface area contributed by atoms with Crippen molar-refractivity contribution in [1.29, 1.82) is 0 Å². The molecule has 0 saturated carbocycles. The van der Waals surface area contributed by atoms with E-state index in [0.29, 0.717) is 12.3 Å². The van der Waals surface area contributed by atoms with E-state index in [4.69, 9.17) is 4.74 Å². The van der Waals surface area contributed by atoms with Crippen LogP contribution in [0.1, 0.15) is 11.1 Å². The van der Waals surface area contributed by atoms with Crippen molar-refractivity contribution >= 4 is 0 Å². The molecule has 0 radical (unpaired) electrons. The molecule has 108 valence electrons. The van der Waals surface area contributed by atoms with Gasteiger partial charge in [0.25, 0.3) is 0 Å². The maximum Gasteiger partial charge on any atom is 0.411 e. The van der Waals surface area contributed by atoms with Crippen molar-refractivity contribution < 1.29 is 22.6 Å². The molecule has 0 saturated heterocycles. The molecular weight excluding hydrogens is 259 g/mol. The van der Waals surface area contributed by atoms with Crippen molar-refractivity contribution in [3.63, 3.8) is 0 Å². The molecule has 0 bridgehead atoms. The first kappa shape index (κ1) is 15.8. The van der Waals surface area contributed by atoms with Crippen LogP contribution >= 0.6 is 0 Å². The molecule has 0 fully saturated rings. The zero-order valence-corrected chi connectivity index (χ0v) is 11.0. The van der Waals surface area contributed by atoms with Crippen LogP contribution in [0.5, 0.6) is 5.75 Å². The predicted octanol–water partition coefficient (Wildman–Crippen LogP) is 2.67. The maximum absolute atomic E-state index is 11.9. The van der Waals surface area contributed by atoms with Crippen LogP contribution in [0.3, 0.4) is 0 Å². The molecule has 0 aromatic heterocycles. The first-order valence-electron chi connectivity index (χ1n) is 5.94. The molecular formula is C13H18F3NO2. The summed E-state index contributed by atoms with van der Waals surface area (Å²) >= 11 is 0. The van der Waals surface area contributed by atoms with E-state index in [-0.39, 0.29) is 13.2 Å². The van der Waals surface area contributed by atoms with Gasteiger partial charge in [0.15, 0.2) is 0 Å². The first-order valence-corrected chi connectivity index (χ1v) is 5.94. The lowest BCUT2D eigenvalue weighted by Crippen LogP contribution is -2.20. The summed E-state index contributed by atoms with van der Waals surface area (Å²) in [5, 5.41) is 3.01. The smallest absolute Gasteiger partial charge is 0.411 e. The summed E-state index contributed by atoms with van der Waals surface area (Å²) in [6, 6.07) is 5.72. The summed E-state index contributed by atoms with van der Waals surface area (Å²) in [5.74, 6) is 0.701. The molecule has 1 N–H and O–H groups in total. The zero-order valence-electron chi connectivity index (χ0n) is 11.0. The van der Waals surface area contributed by atoms with Crippen LogP contribution in [0.4, 0.5) is 13.2 Å². The number of hydrogen-bond acceptors (Lipinski definition) is 3. The molecule has 1 rings (SSSR count). The van der Waals surface area contributed by atoms with Gasteiger partial charge in [0, 0.05) is 12.1 Å². The lowest BCUT2D eigenvalue weighted by Gasteiger charge is -2.14. The SMILES string of the molecule is CNCc1cccc(C)c1OCCOCC(F)(F)F. The van der Waals surface area contributed by atoms with E-state index < -0.39 is 12.8 Å². The van der Waals surface area contributed by atoms with E-state index in [1.807, 2.05) is 32.2 Å². The minimum Gasteiger partial charge on any atom is -0.491 e. The number of benzene rings is 1. The molecule has 0 unspecified atom stereocenters. The molecule has 0 aliphatic carbocycles. The van der Waals surface area contributed by atoms with Crippen molar-refractivity contribution in [1.82, 2.24) is 5.32 Å². The second kappa shape index (κ2) is 7.35. The number of hydrogen-bond donors (Lipinski definition) is 1. The first-order chi connectivity index (χ1) is 8.94. The Morgan fingerprint density at radius 1 is 1.21 bits per heavy atom. The molecule has 0 amide bonds. The fourth-order valence-corrected chi connectivity index (χ4v) is 1.64. The predicted molar refractivity (Wildman–Crippen MR) is 66.3 cm³/mol. The zero-order chi connectivity index (χ0) is 14.3. The van der Waals surface area contributed by atoms with Gasteiger partial charge in [-0.05, 0) is 19.5 Å². The third-order valence-corrected chi connectivity index (χ3v) is 2.40. The summed E-state index contributed by atoms with van der Waals surface area (Å²) in [7, 11) is 1.82. The van der Waals surface area contributed by atoms with Crippen LogP contribution in [-0.4, -0.2) is 33.0 Å². The van der Waals surface area contributed by atoms with E-state index in [1.54, 1.807) is 0 Å². The van der Waals surface area contributed by atoms with Crippen LogP contribution in [0.15, 0.2) is 18.2 Å². The Kier molecular flexibility index (Phi) is 6.11. The van der Waals surface area contributed by atoms with Gasteiger partial charge < -0.3 is 14.8 Å². The lowest BCUT2D eigenvalue weighted by atomic mass is 10.1. The Morgan fingerprint density at radius 2 is 1.95 bits per heavy atom. The van der Waals surface area contributed by atoms with E-state index in [0.717, 1.165) is 11.1 Å². The molecule has 0 atom stereocenters. The minimum atomic E-state index is -4.29. The molecule has 0 aliphatic heterocycles. The molecule has 0 aliphatic rings. The van der Waals surface area contributed by atoms with E-state index in [2.05, 4.69) is 10.1 Å². The van der Waals surface area contributed by atoms with Crippen molar-refractivity contribution in [3.8, 4) is 5.75 Å². The second-order valence-corrected chi connectivity index (χ2v) is 4.11. The average molecular weight is 277 g/mol. The molecule has 3 nitrogen and oxygen atoms in total. The van der Waals surface area contributed by atoms with Crippen LogP contribution < -0.4 is 10.1 Å². The van der Waals surface area contributed by atoms with Gasteiger partial charge in [0.05, 0.1) is 6.61 Å². The van der Waals surface area contributed by atoms with Gasteiger partial charge in [-0.2, -0.15) is 13.2 Å².